The molecule has 1 heterocycles. The Balaban J connectivity index is 1.60. The molecule has 2 rings (SSSR count). The van der Waals surface area contributed by atoms with Gasteiger partial charge in [0.15, 0.2) is 0 Å². The maximum absolute atomic E-state index is 11.3. The van der Waals surface area contributed by atoms with E-state index >= 15 is 0 Å². The SMILES string of the molecule is CSC1CCC(NCCN2CCNC2=O)C1. The van der Waals surface area contributed by atoms with Gasteiger partial charge in [-0.1, -0.05) is 0 Å². The molecule has 1 saturated carbocycles. The number of carbonyl (C=O) groups is 1. The summed E-state index contributed by atoms with van der Waals surface area (Å²) in [7, 11) is 0. The number of hydrogen-bond donors (Lipinski definition) is 2. The standard InChI is InChI=1S/C11H21N3OS/c1-16-10-3-2-9(8-10)12-4-6-14-7-5-13-11(14)15/h9-10,12H,2-8H2,1H3,(H,13,15). The van der Waals surface area contributed by atoms with Crippen molar-refractivity contribution >= 4 is 17.8 Å². The largest absolute Gasteiger partial charge is 0.336 e. The Morgan fingerprint density at radius 2 is 2.44 bits per heavy atom. The van der Waals surface area contributed by atoms with Gasteiger partial charge in [-0.3, -0.25) is 0 Å². The Kier molecular flexibility index (Phi) is 4.35. The van der Waals surface area contributed by atoms with Crippen molar-refractivity contribution in [3.05, 3.63) is 0 Å². The zero-order valence-electron chi connectivity index (χ0n) is 9.87. The number of thioether (sulfide) groups is 1. The quantitative estimate of drug-likeness (QED) is 0.753. The van der Waals surface area contributed by atoms with Crippen molar-refractivity contribution in [1.29, 1.82) is 0 Å². The molecule has 1 aliphatic heterocycles. The molecule has 2 atom stereocenters. The van der Waals surface area contributed by atoms with Gasteiger partial charge in [0, 0.05) is 37.5 Å². The second kappa shape index (κ2) is 5.77. The second-order valence-electron chi connectivity index (χ2n) is 4.54. The van der Waals surface area contributed by atoms with Gasteiger partial charge >= 0.3 is 6.03 Å². The number of carbonyl (C=O) groups excluding carboxylic acids is 1. The van der Waals surface area contributed by atoms with Gasteiger partial charge in [-0.2, -0.15) is 11.8 Å². The van der Waals surface area contributed by atoms with Crippen LogP contribution in [0.5, 0.6) is 0 Å². The second-order valence-corrected chi connectivity index (χ2v) is 5.68. The molecule has 2 unspecified atom stereocenters. The third-order valence-electron chi connectivity index (χ3n) is 3.48. The number of amides is 2. The molecule has 2 N–H and O–H groups in total. The highest BCUT2D eigenvalue weighted by Gasteiger charge is 2.24. The molecule has 4 nitrogen and oxygen atoms in total. The Bertz CT molecular complexity index is 249. The van der Waals surface area contributed by atoms with E-state index in [9.17, 15) is 4.79 Å². The molecular weight excluding hydrogens is 222 g/mol. The van der Waals surface area contributed by atoms with Gasteiger partial charge < -0.3 is 15.5 Å². The summed E-state index contributed by atoms with van der Waals surface area (Å²) in [5, 5.41) is 7.22. The summed E-state index contributed by atoms with van der Waals surface area (Å²) in [6, 6.07) is 0.762. The van der Waals surface area contributed by atoms with Crippen molar-refractivity contribution < 1.29 is 4.79 Å². The molecule has 16 heavy (non-hydrogen) atoms. The van der Waals surface area contributed by atoms with Crippen LogP contribution in [-0.2, 0) is 0 Å². The van der Waals surface area contributed by atoms with Gasteiger partial charge in [0.05, 0.1) is 0 Å². The molecule has 0 aromatic heterocycles. The van der Waals surface area contributed by atoms with Crippen molar-refractivity contribution in [1.82, 2.24) is 15.5 Å². The van der Waals surface area contributed by atoms with E-state index in [1.807, 2.05) is 16.7 Å². The van der Waals surface area contributed by atoms with Crippen LogP contribution >= 0.6 is 11.8 Å². The lowest BCUT2D eigenvalue weighted by Crippen LogP contribution is -2.37. The van der Waals surface area contributed by atoms with E-state index in [0.717, 1.165) is 31.4 Å². The summed E-state index contributed by atoms with van der Waals surface area (Å²) >= 11 is 1.98. The van der Waals surface area contributed by atoms with Crippen molar-refractivity contribution in [3.8, 4) is 0 Å². The van der Waals surface area contributed by atoms with E-state index in [4.69, 9.17) is 0 Å². The molecule has 1 aliphatic carbocycles. The van der Waals surface area contributed by atoms with Crippen LogP contribution in [0.25, 0.3) is 0 Å². The van der Waals surface area contributed by atoms with Crippen LogP contribution in [0.3, 0.4) is 0 Å². The van der Waals surface area contributed by atoms with Gasteiger partial charge in [-0.15, -0.1) is 0 Å². The molecule has 0 aromatic rings. The van der Waals surface area contributed by atoms with E-state index in [0.29, 0.717) is 6.04 Å². The van der Waals surface area contributed by atoms with Gasteiger partial charge in [0.1, 0.15) is 0 Å². The molecule has 1 saturated heterocycles. The minimum absolute atomic E-state index is 0.0928. The fraction of sp³-hybridized carbons (Fsp3) is 0.909. The molecule has 0 aromatic carbocycles. The monoisotopic (exact) mass is 243 g/mol. The summed E-state index contributed by atoms with van der Waals surface area (Å²) in [6.45, 7) is 3.43. The number of urea groups is 1. The zero-order valence-corrected chi connectivity index (χ0v) is 10.7. The van der Waals surface area contributed by atoms with Crippen molar-refractivity contribution in [3.63, 3.8) is 0 Å². The first-order valence-electron chi connectivity index (χ1n) is 6.08. The summed E-state index contributed by atoms with van der Waals surface area (Å²) in [6.07, 6.45) is 6.11. The molecule has 5 heteroatoms. The average molecular weight is 243 g/mol. The van der Waals surface area contributed by atoms with Gasteiger partial charge in [-0.05, 0) is 25.5 Å². The molecule has 0 spiro atoms. The van der Waals surface area contributed by atoms with Crippen LogP contribution in [0, 0.1) is 0 Å². The lowest BCUT2D eigenvalue weighted by atomic mass is 10.2. The molecule has 2 amide bonds. The Hall–Kier alpha value is -0.420. The van der Waals surface area contributed by atoms with Crippen LogP contribution in [0.15, 0.2) is 0 Å². The first-order chi connectivity index (χ1) is 7.79. The molecule has 92 valence electrons. The van der Waals surface area contributed by atoms with E-state index in [-0.39, 0.29) is 6.03 Å². The van der Waals surface area contributed by atoms with Gasteiger partial charge in [0.2, 0.25) is 0 Å². The van der Waals surface area contributed by atoms with Crippen LogP contribution in [-0.4, -0.2) is 54.7 Å². The number of hydrogen-bond acceptors (Lipinski definition) is 3. The van der Waals surface area contributed by atoms with Gasteiger partial charge in [-0.25, -0.2) is 4.79 Å². The van der Waals surface area contributed by atoms with Crippen LogP contribution < -0.4 is 10.6 Å². The lowest BCUT2D eigenvalue weighted by molar-refractivity contribution is 0.217. The van der Waals surface area contributed by atoms with E-state index in [2.05, 4.69) is 16.9 Å². The van der Waals surface area contributed by atoms with E-state index in [1.54, 1.807) is 0 Å². The molecule has 2 aliphatic rings. The highest BCUT2D eigenvalue weighted by Crippen LogP contribution is 2.27. The molecular formula is C11H21N3OS. The fourth-order valence-corrected chi connectivity index (χ4v) is 3.26. The van der Waals surface area contributed by atoms with E-state index < -0.39 is 0 Å². The summed E-state index contributed by atoms with van der Waals surface area (Å²) in [5.74, 6) is 0. The van der Waals surface area contributed by atoms with Crippen molar-refractivity contribution in [2.45, 2.75) is 30.6 Å². The summed E-state index contributed by atoms with van der Waals surface area (Å²) in [4.78, 5) is 13.2. The predicted octanol–water partition coefficient (Wildman–Crippen LogP) is 0.885. The first-order valence-corrected chi connectivity index (χ1v) is 7.37. The molecule has 0 radical (unpaired) electrons. The molecule has 2 fully saturated rings. The maximum atomic E-state index is 11.3. The normalized spacial score (nSPS) is 29.8. The van der Waals surface area contributed by atoms with Crippen LogP contribution in [0.1, 0.15) is 19.3 Å². The smallest absolute Gasteiger partial charge is 0.317 e. The third-order valence-corrected chi connectivity index (χ3v) is 4.57. The van der Waals surface area contributed by atoms with Crippen molar-refractivity contribution in [2.24, 2.45) is 0 Å². The van der Waals surface area contributed by atoms with Crippen LogP contribution in [0.2, 0.25) is 0 Å². The minimum Gasteiger partial charge on any atom is -0.336 e. The third kappa shape index (κ3) is 3.04. The van der Waals surface area contributed by atoms with Crippen LogP contribution in [0.4, 0.5) is 4.79 Å². The summed E-state index contributed by atoms with van der Waals surface area (Å²) in [5.41, 5.74) is 0. The molecule has 0 bridgehead atoms. The highest BCUT2D eigenvalue weighted by atomic mass is 32.2. The fourth-order valence-electron chi connectivity index (χ4n) is 2.47. The zero-order chi connectivity index (χ0) is 11.4. The first kappa shape index (κ1) is 12.0. The topological polar surface area (TPSA) is 44.4 Å². The highest BCUT2D eigenvalue weighted by molar-refractivity contribution is 7.99. The van der Waals surface area contributed by atoms with E-state index in [1.165, 1.54) is 19.3 Å². The maximum Gasteiger partial charge on any atom is 0.317 e. The van der Waals surface area contributed by atoms with Gasteiger partial charge in [0.25, 0.3) is 0 Å². The Morgan fingerprint density at radius 3 is 3.06 bits per heavy atom. The Labute approximate surface area is 102 Å². The lowest BCUT2D eigenvalue weighted by Gasteiger charge is -2.17. The summed E-state index contributed by atoms with van der Waals surface area (Å²) < 4.78 is 0. The number of rotatable bonds is 5. The predicted molar refractivity (Wildman–Crippen MR) is 67.9 cm³/mol. The van der Waals surface area contributed by atoms with Crippen molar-refractivity contribution in [2.75, 3.05) is 32.4 Å². The Morgan fingerprint density at radius 1 is 1.56 bits per heavy atom. The minimum atomic E-state index is 0.0928. The average Bonchev–Trinajstić information content (AvgIpc) is 2.89. The number of nitrogens with zero attached hydrogens (tertiary/aromatic N) is 1. The number of nitrogens with one attached hydrogen (secondary N) is 2.